The number of hydrogen-bond acceptors (Lipinski definition) is 5. The van der Waals surface area contributed by atoms with Crippen LogP contribution in [0.2, 0.25) is 0 Å². The first-order valence-electron chi connectivity index (χ1n) is 8.31. The van der Waals surface area contributed by atoms with E-state index in [9.17, 15) is 9.59 Å². The van der Waals surface area contributed by atoms with Gasteiger partial charge in [-0.05, 0) is 31.9 Å². The molecule has 0 aliphatic carbocycles. The van der Waals surface area contributed by atoms with Crippen molar-refractivity contribution in [3.8, 4) is 0 Å². The Morgan fingerprint density at radius 3 is 3.00 bits per heavy atom. The van der Waals surface area contributed by atoms with Gasteiger partial charge in [-0.3, -0.25) is 9.59 Å². The summed E-state index contributed by atoms with van der Waals surface area (Å²) in [7, 11) is 1.60. The van der Waals surface area contributed by atoms with Crippen LogP contribution in [0.5, 0.6) is 0 Å². The van der Waals surface area contributed by atoms with Gasteiger partial charge in [-0.1, -0.05) is 0 Å². The molecule has 7 heteroatoms. The van der Waals surface area contributed by atoms with E-state index in [1.54, 1.807) is 31.1 Å². The first kappa shape index (κ1) is 17.0. The molecule has 1 aromatic rings. The van der Waals surface area contributed by atoms with E-state index >= 15 is 0 Å². The second kappa shape index (κ2) is 6.94. The molecule has 3 rings (SSSR count). The highest BCUT2D eigenvalue weighted by Gasteiger charge is 2.54. The number of nitrogens with one attached hydrogen (secondary N) is 1. The average molecular weight is 336 g/mol. The van der Waals surface area contributed by atoms with Gasteiger partial charge in [-0.25, -0.2) is 0 Å². The zero-order chi connectivity index (χ0) is 17.2. The van der Waals surface area contributed by atoms with Crippen molar-refractivity contribution in [2.45, 2.75) is 25.9 Å². The van der Waals surface area contributed by atoms with Crippen molar-refractivity contribution < 1.29 is 23.5 Å². The summed E-state index contributed by atoms with van der Waals surface area (Å²) in [5, 5.41) is 2.91. The molecule has 0 radical (unpaired) electrons. The maximum Gasteiger partial charge on any atom is 0.289 e. The minimum absolute atomic E-state index is 0.0600. The van der Waals surface area contributed by atoms with Crippen LogP contribution in [-0.2, 0) is 14.3 Å². The van der Waals surface area contributed by atoms with Crippen LogP contribution in [0.1, 0.15) is 29.2 Å². The first-order chi connectivity index (χ1) is 11.6. The summed E-state index contributed by atoms with van der Waals surface area (Å²) in [6.07, 6.45) is 1.14. The number of amides is 2. The lowest BCUT2D eigenvalue weighted by Crippen LogP contribution is -2.58. The zero-order valence-corrected chi connectivity index (χ0v) is 14.2. The fourth-order valence-corrected chi connectivity index (χ4v) is 3.59. The lowest BCUT2D eigenvalue weighted by Gasteiger charge is -2.42. The molecule has 2 atom stereocenters. The van der Waals surface area contributed by atoms with Gasteiger partial charge in [0.25, 0.3) is 5.91 Å². The van der Waals surface area contributed by atoms with Gasteiger partial charge >= 0.3 is 0 Å². The van der Waals surface area contributed by atoms with Crippen LogP contribution in [0.3, 0.4) is 0 Å². The van der Waals surface area contributed by atoms with E-state index in [2.05, 4.69) is 5.32 Å². The molecule has 0 spiro atoms. The lowest BCUT2D eigenvalue weighted by molar-refractivity contribution is -0.138. The predicted molar refractivity (Wildman–Crippen MR) is 85.6 cm³/mol. The van der Waals surface area contributed by atoms with Crippen LogP contribution in [0.15, 0.2) is 16.5 Å². The predicted octanol–water partition coefficient (Wildman–Crippen LogP) is 0.972. The van der Waals surface area contributed by atoms with Gasteiger partial charge in [-0.2, -0.15) is 0 Å². The van der Waals surface area contributed by atoms with Crippen molar-refractivity contribution in [2.24, 2.45) is 5.41 Å². The van der Waals surface area contributed by atoms with Gasteiger partial charge < -0.3 is 24.1 Å². The monoisotopic (exact) mass is 336 g/mol. The fourth-order valence-electron chi connectivity index (χ4n) is 3.59. The minimum atomic E-state index is -0.677. The van der Waals surface area contributed by atoms with Crippen molar-refractivity contribution in [2.75, 3.05) is 40.0 Å². The number of fused-ring (bicyclic) bond motifs is 1. The second-order valence-electron chi connectivity index (χ2n) is 6.44. The number of hydrogen-bond donors (Lipinski definition) is 1. The Labute approximate surface area is 141 Å². The van der Waals surface area contributed by atoms with E-state index in [0.29, 0.717) is 57.2 Å². The van der Waals surface area contributed by atoms with E-state index in [-0.39, 0.29) is 17.9 Å². The Bertz CT molecular complexity index is 614. The van der Waals surface area contributed by atoms with Crippen molar-refractivity contribution in [3.05, 3.63) is 23.7 Å². The molecule has 2 amide bonds. The quantitative estimate of drug-likeness (QED) is 0.811. The van der Waals surface area contributed by atoms with Gasteiger partial charge in [0.15, 0.2) is 5.76 Å². The summed E-state index contributed by atoms with van der Waals surface area (Å²) in [4.78, 5) is 27.2. The molecule has 2 fully saturated rings. The van der Waals surface area contributed by atoms with E-state index < -0.39 is 5.41 Å². The molecule has 7 nitrogen and oxygen atoms in total. The molecule has 2 aliphatic rings. The summed E-state index contributed by atoms with van der Waals surface area (Å²) in [5.41, 5.74) is -0.677. The summed E-state index contributed by atoms with van der Waals surface area (Å²) in [5.74, 6) is 0.789. The third-order valence-corrected chi connectivity index (χ3v) is 4.90. The van der Waals surface area contributed by atoms with Gasteiger partial charge in [0, 0.05) is 33.4 Å². The molecule has 2 saturated heterocycles. The molecule has 0 saturated carbocycles. The summed E-state index contributed by atoms with van der Waals surface area (Å²) < 4.78 is 16.2. The third kappa shape index (κ3) is 3.06. The summed E-state index contributed by atoms with van der Waals surface area (Å²) in [6, 6.07) is 3.45. The Morgan fingerprint density at radius 2 is 2.29 bits per heavy atom. The van der Waals surface area contributed by atoms with Gasteiger partial charge in [0.1, 0.15) is 5.76 Å². The maximum atomic E-state index is 12.8. The van der Waals surface area contributed by atoms with Crippen LogP contribution in [0.4, 0.5) is 0 Å². The number of furan rings is 1. The van der Waals surface area contributed by atoms with E-state index in [4.69, 9.17) is 13.9 Å². The maximum absolute atomic E-state index is 12.8. The highest BCUT2D eigenvalue weighted by molar-refractivity contribution is 5.93. The number of piperidine rings is 1. The average Bonchev–Trinajstić information content (AvgIpc) is 3.20. The Kier molecular flexibility index (Phi) is 4.91. The molecule has 0 aromatic carbocycles. The van der Waals surface area contributed by atoms with Crippen molar-refractivity contribution >= 4 is 11.8 Å². The Balaban J connectivity index is 1.74. The normalized spacial score (nSPS) is 26.2. The van der Waals surface area contributed by atoms with E-state index in [1.807, 2.05) is 0 Å². The number of nitrogens with zero attached hydrogens (tertiary/aromatic N) is 1. The molecule has 3 heterocycles. The number of likely N-dealkylation sites (tertiary alicyclic amines) is 1. The SMILES string of the molecule is COCCNC(=O)[C@@]12CCO[C@@H]1CCN(C(=O)c1ccc(C)o1)C2. The van der Waals surface area contributed by atoms with Crippen LogP contribution in [0, 0.1) is 12.3 Å². The van der Waals surface area contributed by atoms with E-state index in [1.165, 1.54) is 0 Å². The summed E-state index contributed by atoms with van der Waals surface area (Å²) >= 11 is 0. The van der Waals surface area contributed by atoms with Crippen LogP contribution < -0.4 is 5.32 Å². The Hall–Kier alpha value is -1.86. The molecular formula is C17H24N2O5. The largest absolute Gasteiger partial charge is 0.456 e. The number of ether oxygens (including phenoxy) is 2. The molecule has 132 valence electrons. The van der Waals surface area contributed by atoms with E-state index in [0.717, 1.165) is 0 Å². The highest BCUT2D eigenvalue weighted by Crippen LogP contribution is 2.41. The molecule has 0 unspecified atom stereocenters. The van der Waals surface area contributed by atoms with Gasteiger partial charge in [-0.15, -0.1) is 0 Å². The number of aryl methyl sites for hydroxylation is 1. The summed E-state index contributed by atoms with van der Waals surface area (Å²) in [6.45, 7) is 4.19. The first-order valence-corrected chi connectivity index (χ1v) is 8.31. The third-order valence-electron chi connectivity index (χ3n) is 4.90. The molecule has 0 bridgehead atoms. The standard InChI is InChI=1S/C17H24N2O5/c1-12-3-4-13(24-12)15(20)19-8-5-14-17(11-19,6-9-23-14)16(21)18-7-10-22-2/h3-4,14H,5-11H2,1-2H3,(H,18,21)/t14-,17-/m1/s1. The fraction of sp³-hybridized carbons (Fsp3) is 0.647. The second-order valence-corrected chi connectivity index (χ2v) is 6.44. The molecule has 1 aromatic heterocycles. The van der Waals surface area contributed by atoms with Crippen molar-refractivity contribution in [1.82, 2.24) is 10.2 Å². The number of carbonyl (C=O) groups excluding carboxylic acids is 2. The highest BCUT2D eigenvalue weighted by atomic mass is 16.5. The smallest absolute Gasteiger partial charge is 0.289 e. The molecule has 24 heavy (non-hydrogen) atoms. The molecular weight excluding hydrogens is 312 g/mol. The van der Waals surface area contributed by atoms with Crippen molar-refractivity contribution in [3.63, 3.8) is 0 Å². The van der Waals surface area contributed by atoms with Crippen molar-refractivity contribution in [1.29, 1.82) is 0 Å². The lowest BCUT2D eigenvalue weighted by atomic mass is 9.75. The van der Waals surface area contributed by atoms with Crippen LogP contribution >= 0.6 is 0 Å². The molecule has 1 N–H and O–H groups in total. The number of carbonyl (C=O) groups is 2. The van der Waals surface area contributed by atoms with Crippen LogP contribution in [-0.4, -0.2) is 62.8 Å². The minimum Gasteiger partial charge on any atom is -0.456 e. The number of rotatable bonds is 5. The topological polar surface area (TPSA) is 81.0 Å². The Morgan fingerprint density at radius 1 is 1.46 bits per heavy atom. The molecule has 2 aliphatic heterocycles. The number of methoxy groups -OCH3 is 1. The zero-order valence-electron chi connectivity index (χ0n) is 14.2. The van der Waals surface area contributed by atoms with Gasteiger partial charge in [0.05, 0.1) is 18.1 Å². The van der Waals surface area contributed by atoms with Crippen LogP contribution in [0.25, 0.3) is 0 Å². The van der Waals surface area contributed by atoms with Gasteiger partial charge in [0.2, 0.25) is 5.91 Å².